The highest BCUT2D eigenvalue weighted by atomic mass is 35.5. The summed E-state index contributed by atoms with van der Waals surface area (Å²) in [5.74, 6) is 0.589. The van der Waals surface area contributed by atoms with Crippen LogP contribution < -0.4 is 10.1 Å². The molecule has 3 nitrogen and oxygen atoms in total. The topological polar surface area (TPSA) is 38.3 Å². The number of carbonyl (C=O) groups is 1. The normalized spacial score (nSPS) is 21.2. The van der Waals surface area contributed by atoms with E-state index in [1.54, 1.807) is 18.2 Å². The van der Waals surface area contributed by atoms with Crippen LogP contribution in [-0.4, -0.2) is 19.1 Å². The molecule has 0 aromatic heterocycles. The van der Waals surface area contributed by atoms with Crippen molar-refractivity contribution in [2.75, 3.05) is 7.11 Å². The van der Waals surface area contributed by atoms with Crippen LogP contribution in [0.5, 0.6) is 5.75 Å². The van der Waals surface area contributed by atoms with Crippen LogP contribution in [-0.2, 0) is 0 Å². The summed E-state index contributed by atoms with van der Waals surface area (Å²) in [6, 6.07) is 12.9. The van der Waals surface area contributed by atoms with Crippen molar-refractivity contribution in [3.8, 4) is 5.75 Å². The van der Waals surface area contributed by atoms with Gasteiger partial charge < -0.3 is 10.1 Å². The first kappa shape index (κ1) is 17.1. The molecule has 2 aromatic rings. The largest absolute Gasteiger partial charge is 0.496 e. The summed E-state index contributed by atoms with van der Waals surface area (Å²) in [5.41, 5.74) is 1.60. The van der Waals surface area contributed by atoms with Gasteiger partial charge in [-0.25, -0.2) is 0 Å². The van der Waals surface area contributed by atoms with E-state index in [-0.39, 0.29) is 23.3 Å². The summed E-state index contributed by atoms with van der Waals surface area (Å²) in [6.07, 6.45) is 0. The zero-order valence-electron chi connectivity index (χ0n) is 13.8. The predicted molar refractivity (Wildman–Crippen MR) is 97.2 cm³/mol. The number of ether oxygens (including phenoxy) is 1. The van der Waals surface area contributed by atoms with Gasteiger partial charge in [0.25, 0.3) is 5.91 Å². The fourth-order valence-corrected chi connectivity index (χ4v) is 3.57. The summed E-state index contributed by atoms with van der Waals surface area (Å²) in [5, 5.41) is 4.33. The highest BCUT2D eigenvalue weighted by Crippen LogP contribution is 2.58. The molecule has 0 heterocycles. The smallest absolute Gasteiger partial charge is 0.255 e. The fourth-order valence-electron chi connectivity index (χ4n) is 3.28. The molecule has 126 valence electrons. The van der Waals surface area contributed by atoms with E-state index in [0.29, 0.717) is 21.4 Å². The molecule has 0 saturated heterocycles. The Morgan fingerprint density at radius 3 is 2.33 bits per heavy atom. The van der Waals surface area contributed by atoms with Gasteiger partial charge in [-0.3, -0.25) is 4.79 Å². The number of rotatable bonds is 4. The lowest BCUT2D eigenvalue weighted by atomic mass is 10.0. The summed E-state index contributed by atoms with van der Waals surface area (Å²) in [6.45, 7) is 4.29. The molecular formula is C19H19Cl2NO2. The predicted octanol–water partition coefficient (Wildman–Crippen LogP) is 4.92. The highest BCUT2D eigenvalue weighted by Gasteiger charge is 2.59. The molecule has 1 N–H and O–H groups in total. The Balaban J connectivity index is 1.80. The summed E-state index contributed by atoms with van der Waals surface area (Å²) in [7, 11) is 1.54. The number of nitrogens with one attached hydrogen (secondary N) is 1. The van der Waals surface area contributed by atoms with Crippen molar-refractivity contribution in [3.05, 3.63) is 63.6 Å². The monoisotopic (exact) mass is 363 g/mol. The zero-order chi connectivity index (χ0) is 17.5. The molecule has 1 aliphatic rings. The van der Waals surface area contributed by atoms with Gasteiger partial charge in [-0.2, -0.15) is 0 Å². The van der Waals surface area contributed by atoms with Gasteiger partial charge in [-0.15, -0.1) is 0 Å². The Kier molecular flexibility index (Phi) is 4.50. The molecule has 1 fully saturated rings. The Morgan fingerprint density at radius 1 is 1.08 bits per heavy atom. The van der Waals surface area contributed by atoms with E-state index in [0.717, 1.165) is 0 Å². The molecular weight excluding hydrogens is 345 g/mol. The Bertz CT molecular complexity index is 771. The molecule has 2 atom stereocenters. The summed E-state index contributed by atoms with van der Waals surface area (Å²) < 4.78 is 5.27. The van der Waals surface area contributed by atoms with Crippen LogP contribution >= 0.6 is 23.2 Å². The second-order valence-electron chi connectivity index (χ2n) is 6.65. The highest BCUT2D eigenvalue weighted by molar-refractivity contribution is 6.31. The molecule has 5 heteroatoms. The van der Waals surface area contributed by atoms with Gasteiger partial charge in [0, 0.05) is 22.0 Å². The average molecular weight is 364 g/mol. The second kappa shape index (κ2) is 6.30. The van der Waals surface area contributed by atoms with Crippen LogP contribution in [0.15, 0.2) is 42.5 Å². The number of benzene rings is 2. The molecule has 2 aromatic carbocycles. The molecule has 1 amide bonds. The molecule has 0 bridgehead atoms. The van der Waals surface area contributed by atoms with E-state index in [9.17, 15) is 4.79 Å². The lowest BCUT2D eigenvalue weighted by molar-refractivity contribution is 0.0943. The van der Waals surface area contributed by atoms with Crippen LogP contribution in [0, 0.1) is 5.41 Å². The van der Waals surface area contributed by atoms with Crippen LogP contribution in [0.4, 0.5) is 0 Å². The van der Waals surface area contributed by atoms with Crippen molar-refractivity contribution in [1.29, 1.82) is 0 Å². The number of carbonyl (C=O) groups excluding carboxylic acids is 1. The molecule has 24 heavy (non-hydrogen) atoms. The van der Waals surface area contributed by atoms with E-state index in [4.69, 9.17) is 27.9 Å². The fraction of sp³-hybridized carbons (Fsp3) is 0.316. The maximum absolute atomic E-state index is 12.7. The van der Waals surface area contributed by atoms with Gasteiger partial charge in [-0.05, 0) is 41.3 Å². The van der Waals surface area contributed by atoms with Crippen LogP contribution in [0.25, 0.3) is 0 Å². The maximum Gasteiger partial charge on any atom is 0.255 e. The van der Waals surface area contributed by atoms with E-state index < -0.39 is 0 Å². The van der Waals surface area contributed by atoms with Gasteiger partial charge in [0.1, 0.15) is 5.75 Å². The number of methoxy groups -OCH3 is 1. The van der Waals surface area contributed by atoms with Crippen molar-refractivity contribution in [2.45, 2.75) is 25.8 Å². The van der Waals surface area contributed by atoms with Gasteiger partial charge in [0.2, 0.25) is 0 Å². The third-order valence-corrected chi connectivity index (χ3v) is 5.24. The first-order valence-corrected chi connectivity index (χ1v) is 8.50. The van der Waals surface area contributed by atoms with Gasteiger partial charge in [0.15, 0.2) is 0 Å². The molecule has 3 rings (SSSR count). The number of amides is 1. The third kappa shape index (κ3) is 3.11. The Morgan fingerprint density at radius 2 is 1.71 bits per heavy atom. The van der Waals surface area contributed by atoms with E-state index in [1.807, 2.05) is 24.3 Å². The zero-order valence-corrected chi connectivity index (χ0v) is 15.3. The molecule has 0 radical (unpaired) electrons. The first-order chi connectivity index (χ1) is 11.3. The van der Waals surface area contributed by atoms with Gasteiger partial charge >= 0.3 is 0 Å². The van der Waals surface area contributed by atoms with E-state index in [2.05, 4.69) is 19.2 Å². The summed E-state index contributed by atoms with van der Waals surface area (Å²) >= 11 is 12.0. The van der Waals surface area contributed by atoms with E-state index in [1.165, 1.54) is 12.7 Å². The Labute approximate surface area is 151 Å². The quantitative estimate of drug-likeness (QED) is 0.836. The van der Waals surface area contributed by atoms with Crippen molar-refractivity contribution >= 4 is 29.1 Å². The Hall–Kier alpha value is -1.71. The number of hydrogen-bond acceptors (Lipinski definition) is 2. The van der Waals surface area contributed by atoms with Crippen molar-refractivity contribution in [2.24, 2.45) is 5.41 Å². The van der Waals surface area contributed by atoms with E-state index >= 15 is 0 Å². The number of halogens is 2. The second-order valence-corrected chi connectivity index (χ2v) is 7.52. The van der Waals surface area contributed by atoms with Crippen LogP contribution in [0.1, 0.15) is 35.7 Å². The van der Waals surface area contributed by atoms with Crippen molar-refractivity contribution < 1.29 is 9.53 Å². The standard InChI is InChI=1S/C19H19Cl2NO2/c1-19(2)16(11-4-6-12(20)7-5-11)17(19)22-18(23)14-10-13(21)8-9-15(14)24-3/h4-10,16-17H,1-3H3,(H,22,23). The minimum absolute atomic E-state index is 0.0186. The first-order valence-electron chi connectivity index (χ1n) is 7.74. The molecule has 1 aliphatic carbocycles. The average Bonchev–Trinajstić information content (AvgIpc) is 3.08. The van der Waals surface area contributed by atoms with Crippen LogP contribution in [0.3, 0.4) is 0 Å². The van der Waals surface area contributed by atoms with Gasteiger partial charge in [0.05, 0.1) is 12.7 Å². The maximum atomic E-state index is 12.7. The van der Waals surface area contributed by atoms with Crippen LogP contribution in [0.2, 0.25) is 10.0 Å². The number of hydrogen-bond donors (Lipinski definition) is 1. The minimum atomic E-state index is -0.177. The summed E-state index contributed by atoms with van der Waals surface area (Å²) in [4.78, 5) is 12.7. The molecule has 0 aliphatic heterocycles. The van der Waals surface area contributed by atoms with Crippen molar-refractivity contribution in [1.82, 2.24) is 5.32 Å². The SMILES string of the molecule is COc1ccc(Cl)cc1C(=O)NC1C(c2ccc(Cl)cc2)C1(C)C. The molecule has 0 spiro atoms. The third-order valence-electron chi connectivity index (χ3n) is 4.75. The lowest BCUT2D eigenvalue weighted by Crippen LogP contribution is -2.29. The molecule has 1 saturated carbocycles. The van der Waals surface area contributed by atoms with Crippen molar-refractivity contribution in [3.63, 3.8) is 0 Å². The lowest BCUT2D eigenvalue weighted by Gasteiger charge is -2.10. The minimum Gasteiger partial charge on any atom is -0.496 e. The van der Waals surface area contributed by atoms with Gasteiger partial charge in [-0.1, -0.05) is 49.2 Å². The molecule has 2 unspecified atom stereocenters.